The third-order valence-corrected chi connectivity index (χ3v) is 2.88. The number of aromatic nitrogens is 2. The molecule has 0 saturated heterocycles. The second-order valence-corrected chi connectivity index (χ2v) is 4.36. The van der Waals surface area contributed by atoms with Gasteiger partial charge in [0.05, 0.1) is 0 Å². The maximum atomic E-state index is 10.9. The number of carboxylic acid groups (broad SMARTS) is 1. The van der Waals surface area contributed by atoms with Crippen molar-refractivity contribution in [3.05, 3.63) is 17.5 Å². The summed E-state index contributed by atoms with van der Waals surface area (Å²) in [7, 11) is 0. The van der Waals surface area contributed by atoms with Crippen LogP contribution in [0.15, 0.2) is 6.07 Å². The van der Waals surface area contributed by atoms with Crippen LogP contribution in [-0.2, 0) is 0 Å². The molecule has 0 spiro atoms. The smallest absolute Gasteiger partial charge is 0.354 e. The molecule has 1 aliphatic carbocycles. The van der Waals surface area contributed by atoms with E-state index in [1.165, 1.54) is 12.5 Å². The van der Waals surface area contributed by atoms with Crippen LogP contribution in [0.25, 0.3) is 0 Å². The Morgan fingerprint density at radius 2 is 2.06 bits per heavy atom. The SMILES string of the molecule is Cc1cc(C(=O)O)nc(OC2CCCCC2)n1. The molecule has 1 fully saturated rings. The highest BCUT2D eigenvalue weighted by molar-refractivity contribution is 5.85. The van der Waals surface area contributed by atoms with Gasteiger partial charge in [0.2, 0.25) is 0 Å². The Bertz CT molecular complexity index is 414. The quantitative estimate of drug-likeness (QED) is 0.870. The molecule has 1 N–H and O–H groups in total. The highest BCUT2D eigenvalue weighted by atomic mass is 16.5. The van der Waals surface area contributed by atoms with Gasteiger partial charge in [0.25, 0.3) is 0 Å². The molecule has 0 bridgehead atoms. The van der Waals surface area contributed by atoms with E-state index in [1.807, 2.05) is 0 Å². The Morgan fingerprint density at radius 3 is 2.71 bits per heavy atom. The lowest BCUT2D eigenvalue weighted by atomic mass is 9.98. The molecule has 17 heavy (non-hydrogen) atoms. The lowest BCUT2D eigenvalue weighted by Crippen LogP contribution is -2.21. The zero-order valence-corrected chi connectivity index (χ0v) is 9.85. The van der Waals surface area contributed by atoms with Gasteiger partial charge >= 0.3 is 12.0 Å². The molecule has 1 aromatic rings. The summed E-state index contributed by atoms with van der Waals surface area (Å²) in [5.74, 6) is -1.05. The number of aromatic carboxylic acids is 1. The van der Waals surface area contributed by atoms with Crippen molar-refractivity contribution in [3.63, 3.8) is 0 Å². The van der Waals surface area contributed by atoms with Crippen molar-refractivity contribution in [2.45, 2.75) is 45.1 Å². The average Bonchev–Trinajstić information content (AvgIpc) is 2.29. The zero-order chi connectivity index (χ0) is 12.3. The van der Waals surface area contributed by atoms with Crippen molar-refractivity contribution in [2.24, 2.45) is 0 Å². The molecule has 92 valence electrons. The van der Waals surface area contributed by atoms with Crippen LogP contribution in [-0.4, -0.2) is 27.1 Å². The highest BCUT2D eigenvalue weighted by Crippen LogP contribution is 2.21. The van der Waals surface area contributed by atoms with Crippen LogP contribution in [0, 0.1) is 6.92 Å². The number of aryl methyl sites for hydroxylation is 1. The third-order valence-electron chi connectivity index (χ3n) is 2.88. The topological polar surface area (TPSA) is 72.3 Å². The summed E-state index contributed by atoms with van der Waals surface area (Å²) in [4.78, 5) is 18.9. The maximum Gasteiger partial charge on any atom is 0.354 e. The molecule has 5 heteroatoms. The number of rotatable bonds is 3. The molecular weight excluding hydrogens is 220 g/mol. The van der Waals surface area contributed by atoms with Gasteiger partial charge in [-0.2, -0.15) is 4.98 Å². The summed E-state index contributed by atoms with van der Waals surface area (Å²) in [6.45, 7) is 1.74. The van der Waals surface area contributed by atoms with Gasteiger partial charge in [-0.25, -0.2) is 9.78 Å². The van der Waals surface area contributed by atoms with E-state index in [0.29, 0.717) is 5.69 Å². The fourth-order valence-corrected chi connectivity index (χ4v) is 2.04. The van der Waals surface area contributed by atoms with Gasteiger partial charge in [0.15, 0.2) is 5.69 Å². The Morgan fingerprint density at radius 1 is 1.35 bits per heavy atom. The van der Waals surface area contributed by atoms with Crippen molar-refractivity contribution in [1.82, 2.24) is 9.97 Å². The third kappa shape index (κ3) is 3.15. The van der Waals surface area contributed by atoms with Gasteiger partial charge in [-0.15, -0.1) is 0 Å². The Labute approximate surface area is 99.9 Å². The fraction of sp³-hybridized carbons (Fsp3) is 0.583. The number of hydrogen-bond acceptors (Lipinski definition) is 4. The molecule has 1 aromatic heterocycles. The molecule has 0 radical (unpaired) electrons. The van der Waals surface area contributed by atoms with E-state index < -0.39 is 5.97 Å². The molecule has 0 unspecified atom stereocenters. The van der Waals surface area contributed by atoms with Gasteiger partial charge in [-0.05, 0) is 38.7 Å². The Kier molecular flexibility index (Phi) is 3.56. The van der Waals surface area contributed by atoms with Crippen LogP contribution in [0.1, 0.15) is 48.3 Å². The summed E-state index contributed by atoms with van der Waals surface area (Å²) < 4.78 is 5.64. The number of nitrogens with zero attached hydrogens (tertiary/aromatic N) is 2. The molecular formula is C12H16N2O3. The molecule has 1 saturated carbocycles. The summed E-state index contributed by atoms with van der Waals surface area (Å²) >= 11 is 0. The first-order valence-electron chi connectivity index (χ1n) is 5.91. The van der Waals surface area contributed by atoms with Crippen LogP contribution in [0.5, 0.6) is 6.01 Å². The van der Waals surface area contributed by atoms with Crippen LogP contribution in [0.3, 0.4) is 0 Å². The standard InChI is InChI=1S/C12H16N2O3/c1-8-7-10(11(15)16)14-12(13-8)17-9-5-3-2-4-6-9/h7,9H,2-6H2,1H3,(H,15,16). The number of carboxylic acids is 1. The normalized spacial score (nSPS) is 16.8. The van der Waals surface area contributed by atoms with Crippen LogP contribution < -0.4 is 4.74 Å². The van der Waals surface area contributed by atoms with Crippen LogP contribution in [0.2, 0.25) is 0 Å². The average molecular weight is 236 g/mol. The van der Waals surface area contributed by atoms with Gasteiger partial charge in [-0.3, -0.25) is 0 Å². The van der Waals surface area contributed by atoms with Crippen molar-refractivity contribution in [3.8, 4) is 6.01 Å². The molecule has 0 amide bonds. The lowest BCUT2D eigenvalue weighted by molar-refractivity contribution is 0.0686. The van der Waals surface area contributed by atoms with E-state index in [2.05, 4.69) is 9.97 Å². The zero-order valence-electron chi connectivity index (χ0n) is 9.85. The monoisotopic (exact) mass is 236 g/mol. The van der Waals surface area contributed by atoms with Crippen LogP contribution in [0.4, 0.5) is 0 Å². The molecule has 0 aliphatic heterocycles. The number of ether oxygens (including phenoxy) is 1. The Hall–Kier alpha value is -1.65. The van der Waals surface area contributed by atoms with E-state index in [-0.39, 0.29) is 17.8 Å². The van der Waals surface area contributed by atoms with E-state index in [4.69, 9.17) is 9.84 Å². The predicted octanol–water partition coefficient (Wildman–Crippen LogP) is 2.19. The van der Waals surface area contributed by atoms with Gasteiger partial charge in [0, 0.05) is 5.69 Å². The van der Waals surface area contributed by atoms with Crippen molar-refractivity contribution in [2.75, 3.05) is 0 Å². The predicted molar refractivity (Wildman–Crippen MR) is 61.2 cm³/mol. The van der Waals surface area contributed by atoms with Crippen molar-refractivity contribution >= 4 is 5.97 Å². The minimum atomic E-state index is -1.05. The largest absolute Gasteiger partial charge is 0.477 e. The van der Waals surface area contributed by atoms with Gasteiger partial charge < -0.3 is 9.84 Å². The summed E-state index contributed by atoms with van der Waals surface area (Å²) in [6, 6.07) is 1.63. The molecule has 0 atom stereocenters. The van der Waals surface area contributed by atoms with E-state index in [9.17, 15) is 4.79 Å². The molecule has 0 aromatic carbocycles. The first-order valence-corrected chi connectivity index (χ1v) is 5.91. The minimum Gasteiger partial charge on any atom is -0.477 e. The first-order chi connectivity index (χ1) is 8.15. The number of hydrogen-bond donors (Lipinski definition) is 1. The lowest BCUT2D eigenvalue weighted by Gasteiger charge is -2.21. The van der Waals surface area contributed by atoms with Gasteiger partial charge in [-0.1, -0.05) is 6.42 Å². The molecule has 5 nitrogen and oxygen atoms in total. The van der Waals surface area contributed by atoms with Crippen molar-refractivity contribution < 1.29 is 14.6 Å². The van der Waals surface area contributed by atoms with E-state index in [1.54, 1.807) is 6.92 Å². The molecule has 1 aliphatic rings. The summed E-state index contributed by atoms with van der Waals surface area (Å²) in [6.07, 6.45) is 5.69. The second kappa shape index (κ2) is 5.12. The van der Waals surface area contributed by atoms with E-state index >= 15 is 0 Å². The minimum absolute atomic E-state index is 0.0108. The van der Waals surface area contributed by atoms with Gasteiger partial charge in [0.1, 0.15) is 6.10 Å². The molecule has 1 heterocycles. The summed E-state index contributed by atoms with van der Waals surface area (Å²) in [5.41, 5.74) is 0.603. The summed E-state index contributed by atoms with van der Waals surface area (Å²) in [5, 5.41) is 8.89. The Balaban J connectivity index is 2.11. The van der Waals surface area contributed by atoms with Crippen LogP contribution >= 0.6 is 0 Å². The van der Waals surface area contributed by atoms with E-state index in [0.717, 1.165) is 25.7 Å². The number of carbonyl (C=O) groups is 1. The first kappa shape index (κ1) is 11.8. The molecule has 2 rings (SSSR count). The second-order valence-electron chi connectivity index (χ2n) is 4.36. The maximum absolute atomic E-state index is 10.9. The van der Waals surface area contributed by atoms with Crippen molar-refractivity contribution in [1.29, 1.82) is 0 Å². The highest BCUT2D eigenvalue weighted by Gasteiger charge is 2.17. The fourth-order valence-electron chi connectivity index (χ4n) is 2.04.